The van der Waals surface area contributed by atoms with Crippen LogP contribution in [-0.2, 0) is 17.8 Å². The first-order chi connectivity index (χ1) is 9.36. The first-order valence-corrected chi connectivity index (χ1v) is 6.99. The van der Waals surface area contributed by atoms with Crippen LogP contribution in [0.5, 0.6) is 0 Å². The minimum absolute atomic E-state index is 0.0548. The van der Waals surface area contributed by atoms with Crippen molar-refractivity contribution >= 4 is 10.9 Å². The van der Waals surface area contributed by atoms with E-state index in [4.69, 9.17) is 4.74 Å². The molecule has 20 heavy (non-hydrogen) atoms. The van der Waals surface area contributed by atoms with Gasteiger partial charge in [-0.3, -0.25) is 9.78 Å². The Morgan fingerprint density at radius 3 is 2.80 bits per heavy atom. The molecule has 1 N–H and O–H groups in total. The second kappa shape index (κ2) is 4.42. The standard InChI is InChI=1S/C16H20N2O2/c1-9-5-6-10-14(17-9)11-8-20-13(16(2,3)4)7-12(11)18-15(10)19/h5-6,13H,7-8H2,1-4H3,(H,18,19). The second-order valence-corrected chi connectivity index (χ2v) is 6.63. The number of nitrogens with one attached hydrogen (secondary N) is 1. The molecule has 0 amide bonds. The zero-order chi connectivity index (χ0) is 14.5. The smallest absolute Gasteiger partial charge is 0.257 e. The summed E-state index contributed by atoms with van der Waals surface area (Å²) in [6, 6.07) is 3.71. The third-order valence-corrected chi connectivity index (χ3v) is 3.98. The highest BCUT2D eigenvalue weighted by Gasteiger charge is 2.31. The van der Waals surface area contributed by atoms with Crippen LogP contribution in [0, 0.1) is 12.3 Å². The Hall–Kier alpha value is -1.68. The van der Waals surface area contributed by atoms with Crippen molar-refractivity contribution in [1.82, 2.24) is 9.97 Å². The van der Waals surface area contributed by atoms with E-state index in [1.807, 2.05) is 19.1 Å². The van der Waals surface area contributed by atoms with E-state index >= 15 is 0 Å². The van der Waals surface area contributed by atoms with Gasteiger partial charge in [0, 0.05) is 23.4 Å². The van der Waals surface area contributed by atoms with Crippen LogP contribution >= 0.6 is 0 Å². The van der Waals surface area contributed by atoms with E-state index in [2.05, 4.69) is 30.7 Å². The Balaban J connectivity index is 2.17. The minimum Gasteiger partial charge on any atom is -0.372 e. The number of hydrogen-bond donors (Lipinski definition) is 1. The molecule has 1 unspecified atom stereocenters. The lowest BCUT2D eigenvalue weighted by molar-refractivity contribution is -0.0380. The van der Waals surface area contributed by atoms with Crippen LogP contribution in [0.1, 0.15) is 37.7 Å². The van der Waals surface area contributed by atoms with Crippen molar-refractivity contribution in [3.63, 3.8) is 0 Å². The highest BCUT2D eigenvalue weighted by Crippen LogP contribution is 2.32. The molecule has 4 nitrogen and oxygen atoms in total. The highest BCUT2D eigenvalue weighted by molar-refractivity contribution is 5.81. The molecule has 1 aliphatic heterocycles. The van der Waals surface area contributed by atoms with Crippen molar-refractivity contribution in [1.29, 1.82) is 0 Å². The summed E-state index contributed by atoms with van der Waals surface area (Å²) >= 11 is 0. The summed E-state index contributed by atoms with van der Waals surface area (Å²) in [5.41, 5.74) is 3.72. The number of pyridine rings is 2. The summed E-state index contributed by atoms with van der Waals surface area (Å²) in [6.45, 7) is 8.92. The molecular weight excluding hydrogens is 252 g/mol. The number of aromatic amines is 1. The van der Waals surface area contributed by atoms with Crippen LogP contribution in [0.2, 0.25) is 0 Å². The maximum atomic E-state index is 12.2. The molecule has 1 atom stereocenters. The van der Waals surface area contributed by atoms with Gasteiger partial charge in [0.15, 0.2) is 0 Å². The van der Waals surface area contributed by atoms with Crippen molar-refractivity contribution in [2.45, 2.75) is 46.8 Å². The Kier molecular flexibility index (Phi) is 2.94. The van der Waals surface area contributed by atoms with Crippen molar-refractivity contribution in [2.24, 2.45) is 5.41 Å². The lowest BCUT2D eigenvalue weighted by atomic mass is 9.84. The Bertz CT molecular complexity index is 726. The van der Waals surface area contributed by atoms with Gasteiger partial charge in [0.25, 0.3) is 5.56 Å². The average Bonchev–Trinajstić information content (AvgIpc) is 2.37. The van der Waals surface area contributed by atoms with E-state index in [1.165, 1.54) is 0 Å². The largest absolute Gasteiger partial charge is 0.372 e. The molecule has 4 heteroatoms. The minimum atomic E-state index is -0.0548. The lowest BCUT2D eigenvalue weighted by Gasteiger charge is -2.34. The normalized spacial score (nSPS) is 19.1. The third kappa shape index (κ3) is 2.14. The molecule has 0 bridgehead atoms. The van der Waals surface area contributed by atoms with E-state index in [1.54, 1.807) is 0 Å². The molecule has 0 saturated carbocycles. The van der Waals surface area contributed by atoms with Gasteiger partial charge in [-0.25, -0.2) is 0 Å². The van der Waals surface area contributed by atoms with Gasteiger partial charge >= 0.3 is 0 Å². The summed E-state index contributed by atoms with van der Waals surface area (Å²) < 4.78 is 5.99. The van der Waals surface area contributed by atoms with Gasteiger partial charge in [-0.15, -0.1) is 0 Å². The summed E-state index contributed by atoms with van der Waals surface area (Å²) in [5, 5.41) is 0.646. The summed E-state index contributed by atoms with van der Waals surface area (Å²) in [7, 11) is 0. The van der Waals surface area contributed by atoms with Crippen molar-refractivity contribution in [3.8, 4) is 0 Å². The summed E-state index contributed by atoms with van der Waals surface area (Å²) in [5.74, 6) is 0. The van der Waals surface area contributed by atoms with Gasteiger partial charge in [0.2, 0.25) is 0 Å². The average molecular weight is 272 g/mol. The fourth-order valence-corrected chi connectivity index (χ4v) is 2.71. The maximum Gasteiger partial charge on any atom is 0.257 e. The van der Waals surface area contributed by atoms with Crippen LogP contribution in [0.3, 0.4) is 0 Å². The van der Waals surface area contributed by atoms with E-state index in [0.29, 0.717) is 12.0 Å². The number of hydrogen-bond acceptors (Lipinski definition) is 3. The molecule has 3 rings (SSSR count). The predicted octanol–water partition coefficient (Wildman–Crippen LogP) is 2.72. The first kappa shape index (κ1) is 13.3. The Labute approximate surface area is 118 Å². The van der Waals surface area contributed by atoms with E-state index in [0.717, 1.165) is 28.9 Å². The SMILES string of the molecule is Cc1ccc2c(=O)[nH]c3c(c2n1)COC(C(C)(C)C)C3. The zero-order valence-electron chi connectivity index (χ0n) is 12.4. The molecule has 1 aliphatic rings. The number of nitrogens with zero attached hydrogens (tertiary/aromatic N) is 1. The molecule has 0 radical (unpaired) electrons. The lowest BCUT2D eigenvalue weighted by Crippen LogP contribution is -2.36. The van der Waals surface area contributed by atoms with Crippen molar-refractivity contribution in [2.75, 3.05) is 0 Å². The van der Waals surface area contributed by atoms with Crippen LogP contribution in [0.15, 0.2) is 16.9 Å². The molecule has 2 aromatic heterocycles. The molecule has 0 fully saturated rings. The molecule has 0 spiro atoms. The molecule has 0 saturated heterocycles. The maximum absolute atomic E-state index is 12.2. The first-order valence-electron chi connectivity index (χ1n) is 6.99. The number of rotatable bonds is 0. The van der Waals surface area contributed by atoms with Crippen LogP contribution in [0.25, 0.3) is 10.9 Å². The molecule has 0 aromatic carbocycles. The Morgan fingerprint density at radius 2 is 2.10 bits per heavy atom. The van der Waals surface area contributed by atoms with Gasteiger partial charge < -0.3 is 9.72 Å². The number of ether oxygens (including phenoxy) is 1. The van der Waals surface area contributed by atoms with Gasteiger partial charge in [-0.1, -0.05) is 20.8 Å². The van der Waals surface area contributed by atoms with Crippen molar-refractivity contribution in [3.05, 3.63) is 39.4 Å². The fraction of sp³-hybridized carbons (Fsp3) is 0.500. The van der Waals surface area contributed by atoms with Crippen LogP contribution in [0.4, 0.5) is 0 Å². The van der Waals surface area contributed by atoms with Crippen molar-refractivity contribution < 1.29 is 4.74 Å². The summed E-state index contributed by atoms with van der Waals surface area (Å²) in [6.07, 6.45) is 0.854. The van der Waals surface area contributed by atoms with E-state index < -0.39 is 0 Å². The number of aryl methyl sites for hydroxylation is 1. The number of aromatic nitrogens is 2. The predicted molar refractivity (Wildman–Crippen MR) is 78.8 cm³/mol. The zero-order valence-corrected chi connectivity index (χ0v) is 12.4. The quantitative estimate of drug-likeness (QED) is 0.802. The highest BCUT2D eigenvalue weighted by atomic mass is 16.5. The Morgan fingerprint density at radius 1 is 1.35 bits per heavy atom. The topological polar surface area (TPSA) is 55.0 Å². The third-order valence-electron chi connectivity index (χ3n) is 3.98. The molecule has 0 aliphatic carbocycles. The van der Waals surface area contributed by atoms with E-state index in [9.17, 15) is 4.79 Å². The number of fused-ring (bicyclic) bond motifs is 3. The van der Waals surface area contributed by atoms with Crippen LogP contribution < -0.4 is 5.56 Å². The van der Waals surface area contributed by atoms with E-state index in [-0.39, 0.29) is 17.1 Å². The van der Waals surface area contributed by atoms with Crippen LogP contribution in [-0.4, -0.2) is 16.1 Å². The molecule has 2 aromatic rings. The monoisotopic (exact) mass is 272 g/mol. The summed E-state index contributed by atoms with van der Waals surface area (Å²) in [4.78, 5) is 19.7. The van der Waals surface area contributed by atoms with Gasteiger partial charge in [-0.2, -0.15) is 0 Å². The second-order valence-electron chi connectivity index (χ2n) is 6.63. The molecule has 106 valence electrons. The molecule has 3 heterocycles. The van der Waals surface area contributed by atoms with Gasteiger partial charge in [0.1, 0.15) is 0 Å². The number of H-pyrrole nitrogens is 1. The molecular formula is C16H20N2O2. The van der Waals surface area contributed by atoms with Gasteiger partial charge in [-0.05, 0) is 24.5 Å². The van der Waals surface area contributed by atoms with Gasteiger partial charge in [0.05, 0.1) is 23.6 Å². The fourth-order valence-electron chi connectivity index (χ4n) is 2.71.